The lowest BCUT2D eigenvalue weighted by atomic mass is 10.0. The molecule has 3 N–H and O–H groups in total. The third kappa shape index (κ3) is 68.5. The Labute approximate surface area is 518 Å². The zero-order chi connectivity index (χ0) is 59.9. The molecule has 0 spiro atoms. The van der Waals surface area contributed by atoms with Gasteiger partial charge in [-0.25, -0.2) is 0 Å². The molecule has 486 valence electrons. The van der Waals surface area contributed by atoms with Gasteiger partial charge in [-0.05, 0) is 96.3 Å². The van der Waals surface area contributed by atoms with Gasteiger partial charge in [-0.1, -0.05) is 344 Å². The first-order valence-corrected chi connectivity index (χ1v) is 37.1. The Kier molecular flexibility index (Phi) is 69.9. The van der Waals surface area contributed by atoms with Crippen LogP contribution in [-0.2, 0) is 14.3 Å². The van der Waals surface area contributed by atoms with Gasteiger partial charge in [0.2, 0.25) is 5.91 Å². The van der Waals surface area contributed by atoms with E-state index >= 15 is 0 Å². The molecule has 2 unspecified atom stereocenters. The van der Waals surface area contributed by atoms with Gasteiger partial charge in [-0.2, -0.15) is 0 Å². The van der Waals surface area contributed by atoms with Crippen molar-refractivity contribution >= 4 is 11.9 Å². The van der Waals surface area contributed by atoms with E-state index in [1.54, 1.807) is 6.08 Å². The predicted molar refractivity (Wildman–Crippen MR) is 365 cm³/mol. The SMILES string of the molecule is CCCCC/C=C\C/C=C\CCCCCCCCCCCC(=O)OCCCCCCCCCCC/C=C\C/C=C\CCCCCCCCCCCCCCCCCCCC(=O)NC(CO)C(O)/C=C/CCCCCCCCCCCCCC. The van der Waals surface area contributed by atoms with Gasteiger partial charge in [-0.15, -0.1) is 0 Å². The van der Waals surface area contributed by atoms with E-state index < -0.39 is 12.1 Å². The number of allylic oxidation sites excluding steroid dienone is 9. The van der Waals surface area contributed by atoms with E-state index in [0.717, 1.165) is 57.8 Å². The fraction of sp³-hybridized carbons (Fsp3) is 0.844. The number of aliphatic hydroxyl groups is 2. The second-order valence-corrected chi connectivity index (χ2v) is 25.3. The highest BCUT2D eigenvalue weighted by Crippen LogP contribution is 2.18. The molecule has 0 aromatic carbocycles. The minimum atomic E-state index is -0.843. The van der Waals surface area contributed by atoms with Crippen molar-refractivity contribution in [3.8, 4) is 0 Å². The number of amides is 1. The van der Waals surface area contributed by atoms with Crippen molar-refractivity contribution in [1.82, 2.24) is 5.32 Å². The summed E-state index contributed by atoms with van der Waals surface area (Å²) in [4.78, 5) is 24.6. The highest BCUT2D eigenvalue weighted by molar-refractivity contribution is 5.76. The van der Waals surface area contributed by atoms with Crippen LogP contribution in [-0.4, -0.2) is 47.4 Å². The summed E-state index contributed by atoms with van der Waals surface area (Å²) in [6.07, 6.45) is 96.0. The highest BCUT2D eigenvalue weighted by Gasteiger charge is 2.18. The molecule has 6 heteroatoms. The van der Waals surface area contributed by atoms with Gasteiger partial charge in [-0.3, -0.25) is 9.59 Å². The molecular formula is C77H143NO5. The molecule has 0 fully saturated rings. The molecule has 6 nitrogen and oxygen atoms in total. The van der Waals surface area contributed by atoms with Crippen molar-refractivity contribution < 1.29 is 24.5 Å². The summed E-state index contributed by atoms with van der Waals surface area (Å²) < 4.78 is 5.51. The number of carbonyl (C=O) groups is 2. The summed E-state index contributed by atoms with van der Waals surface area (Å²) in [6.45, 7) is 4.90. The van der Waals surface area contributed by atoms with Crippen molar-refractivity contribution in [2.24, 2.45) is 0 Å². The van der Waals surface area contributed by atoms with E-state index in [1.165, 1.54) is 308 Å². The smallest absolute Gasteiger partial charge is 0.305 e. The molecule has 0 aromatic heterocycles. The van der Waals surface area contributed by atoms with Crippen molar-refractivity contribution in [2.45, 2.75) is 405 Å². The van der Waals surface area contributed by atoms with Crippen LogP contribution < -0.4 is 5.32 Å². The van der Waals surface area contributed by atoms with E-state index in [0.29, 0.717) is 19.4 Å². The number of esters is 1. The first-order valence-electron chi connectivity index (χ1n) is 37.1. The lowest BCUT2D eigenvalue weighted by molar-refractivity contribution is -0.143. The maximum Gasteiger partial charge on any atom is 0.305 e. The maximum atomic E-state index is 12.5. The third-order valence-electron chi connectivity index (χ3n) is 17.0. The second kappa shape index (κ2) is 72.0. The Bertz CT molecular complexity index is 1430. The van der Waals surface area contributed by atoms with Crippen LogP contribution in [0.3, 0.4) is 0 Å². The first kappa shape index (κ1) is 80.6. The topological polar surface area (TPSA) is 95.9 Å². The number of hydrogen-bond acceptors (Lipinski definition) is 5. The Balaban J connectivity index is 3.38. The molecule has 83 heavy (non-hydrogen) atoms. The monoisotopic (exact) mass is 1160 g/mol. The number of unbranched alkanes of at least 4 members (excludes halogenated alkanes) is 50. The van der Waals surface area contributed by atoms with Crippen LogP contribution in [0.1, 0.15) is 393 Å². The van der Waals surface area contributed by atoms with E-state index in [4.69, 9.17) is 4.74 Å². The molecular weight excluding hydrogens is 1020 g/mol. The van der Waals surface area contributed by atoms with E-state index in [9.17, 15) is 19.8 Å². The molecule has 0 saturated heterocycles. The van der Waals surface area contributed by atoms with Gasteiger partial charge >= 0.3 is 5.97 Å². The first-order chi connectivity index (χ1) is 41.0. The zero-order valence-corrected chi connectivity index (χ0v) is 55.7. The summed E-state index contributed by atoms with van der Waals surface area (Å²) >= 11 is 0. The summed E-state index contributed by atoms with van der Waals surface area (Å²) in [5.74, 6) is -0.0547. The van der Waals surface area contributed by atoms with E-state index in [1.807, 2.05) is 6.08 Å². The van der Waals surface area contributed by atoms with Crippen LogP contribution in [0.4, 0.5) is 0 Å². The van der Waals surface area contributed by atoms with Gasteiger partial charge in [0.1, 0.15) is 0 Å². The molecule has 0 rings (SSSR count). The largest absolute Gasteiger partial charge is 0.466 e. The van der Waals surface area contributed by atoms with Gasteiger partial charge in [0.05, 0.1) is 25.4 Å². The Morgan fingerprint density at radius 1 is 0.337 bits per heavy atom. The minimum absolute atomic E-state index is 0.0101. The molecule has 0 heterocycles. The average Bonchev–Trinajstić information content (AvgIpc) is 3.49. The van der Waals surface area contributed by atoms with Crippen LogP contribution >= 0.6 is 0 Å². The van der Waals surface area contributed by atoms with Crippen LogP contribution in [0, 0.1) is 0 Å². The quantitative estimate of drug-likeness (QED) is 0.0320. The van der Waals surface area contributed by atoms with Gasteiger partial charge in [0, 0.05) is 12.8 Å². The Morgan fingerprint density at radius 2 is 0.602 bits per heavy atom. The van der Waals surface area contributed by atoms with Crippen LogP contribution in [0.25, 0.3) is 0 Å². The van der Waals surface area contributed by atoms with Crippen molar-refractivity contribution in [3.63, 3.8) is 0 Å². The summed E-state index contributed by atoms with van der Waals surface area (Å²) in [5, 5.41) is 23.1. The Hall–Kier alpha value is -2.44. The predicted octanol–water partition coefficient (Wildman–Crippen LogP) is 24.2. The molecule has 1 amide bonds. The fourth-order valence-corrected chi connectivity index (χ4v) is 11.3. The van der Waals surface area contributed by atoms with Gasteiger partial charge < -0.3 is 20.3 Å². The summed E-state index contributed by atoms with van der Waals surface area (Å²) in [6, 6.07) is -0.627. The fourth-order valence-electron chi connectivity index (χ4n) is 11.3. The minimum Gasteiger partial charge on any atom is -0.466 e. The van der Waals surface area contributed by atoms with Crippen molar-refractivity contribution in [3.05, 3.63) is 60.8 Å². The molecule has 0 radical (unpaired) electrons. The van der Waals surface area contributed by atoms with E-state index in [2.05, 4.69) is 67.8 Å². The molecule has 0 aliphatic heterocycles. The van der Waals surface area contributed by atoms with Crippen LogP contribution in [0.2, 0.25) is 0 Å². The number of carbonyl (C=O) groups excluding carboxylic acids is 2. The number of rotatable bonds is 69. The molecule has 0 aromatic rings. The lowest BCUT2D eigenvalue weighted by Gasteiger charge is -2.20. The standard InChI is InChI=1S/C77H143NO5/c1-3-5-7-9-11-13-15-17-19-20-36-40-43-47-51-55-59-63-67-71-77(82)83-72-68-64-60-56-52-48-44-41-38-35-33-31-29-27-25-23-21-22-24-26-28-30-32-34-37-39-42-46-50-54-58-62-66-70-76(81)78-74(73-79)75(80)69-65-61-57-53-49-45-18-16-14-12-10-8-6-4-2/h11,13,17,19,25,27,31,33,65,69,74-75,79-80H,3-10,12,14-16,18,20-24,26,28-30,32,34-64,66-68,70-73H2,1-2H3,(H,78,81)/b13-11-,19-17-,27-25-,33-31-,69-65+. The molecule has 0 bridgehead atoms. The number of ether oxygens (including phenoxy) is 1. The number of nitrogens with one attached hydrogen (secondary N) is 1. The van der Waals surface area contributed by atoms with E-state index in [-0.39, 0.29) is 18.5 Å². The van der Waals surface area contributed by atoms with Gasteiger partial charge in [0.25, 0.3) is 0 Å². The molecule has 2 atom stereocenters. The summed E-state index contributed by atoms with van der Waals surface area (Å²) in [5.41, 5.74) is 0. The zero-order valence-electron chi connectivity index (χ0n) is 55.7. The lowest BCUT2D eigenvalue weighted by Crippen LogP contribution is -2.45. The highest BCUT2D eigenvalue weighted by atomic mass is 16.5. The number of aliphatic hydroxyl groups excluding tert-OH is 2. The molecule has 0 aliphatic carbocycles. The van der Waals surface area contributed by atoms with Crippen LogP contribution in [0.5, 0.6) is 0 Å². The number of hydrogen-bond donors (Lipinski definition) is 3. The maximum absolute atomic E-state index is 12.5. The van der Waals surface area contributed by atoms with Crippen molar-refractivity contribution in [2.75, 3.05) is 13.2 Å². The second-order valence-electron chi connectivity index (χ2n) is 25.3. The average molecular weight is 1160 g/mol. The molecule has 0 saturated carbocycles. The van der Waals surface area contributed by atoms with Crippen LogP contribution in [0.15, 0.2) is 60.8 Å². The van der Waals surface area contributed by atoms with Crippen molar-refractivity contribution in [1.29, 1.82) is 0 Å². The van der Waals surface area contributed by atoms with Gasteiger partial charge in [0.15, 0.2) is 0 Å². The normalized spacial score (nSPS) is 12.9. The summed E-state index contributed by atoms with van der Waals surface area (Å²) in [7, 11) is 0. The Morgan fingerprint density at radius 3 is 0.940 bits per heavy atom. The third-order valence-corrected chi connectivity index (χ3v) is 17.0. The molecule has 0 aliphatic rings.